The highest BCUT2D eigenvalue weighted by atomic mass is 16.6. The van der Waals surface area contributed by atoms with Crippen molar-refractivity contribution in [1.29, 1.82) is 0 Å². The van der Waals surface area contributed by atoms with E-state index in [1.807, 2.05) is 6.92 Å². The Bertz CT molecular complexity index is 984. The van der Waals surface area contributed by atoms with Crippen molar-refractivity contribution >= 4 is 17.8 Å². The van der Waals surface area contributed by atoms with E-state index in [4.69, 9.17) is 14.2 Å². The van der Waals surface area contributed by atoms with Gasteiger partial charge in [-0.3, -0.25) is 14.4 Å². The van der Waals surface area contributed by atoms with Crippen LogP contribution in [0, 0.1) is 17.3 Å². The first kappa shape index (κ1) is 41.5. The molecule has 47 heavy (non-hydrogen) atoms. The Kier molecular flexibility index (Phi) is 15.7. The molecule has 0 aromatic heterocycles. The molecule has 3 unspecified atom stereocenters. The number of nitrogens with one attached hydrogen (secondary N) is 1. The molecule has 3 fully saturated rings. The molecule has 274 valence electrons. The normalized spacial score (nSPS) is 24.9. The molecule has 1 amide bonds. The molecule has 3 atom stereocenters. The van der Waals surface area contributed by atoms with Crippen LogP contribution in [0.2, 0.25) is 0 Å². The minimum Gasteiger partial charge on any atom is -0.469 e. The van der Waals surface area contributed by atoms with Crippen molar-refractivity contribution < 1.29 is 33.3 Å². The summed E-state index contributed by atoms with van der Waals surface area (Å²) in [6, 6.07) is 0. The van der Waals surface area contributed by atoms with Crippen molar-refractivity contribution in [3.8, 4) is 0 Å². The predicted molar refractivity (Wildman–Crippen MR) is 187 cm³/mol. The number of nitrogens with zero attached hydrogens (tertiary/aromatic N) is 1. The molecule has 2 heterocycles. The summed E-state index contributed by atoms with van der Waals surface area (Å²) >= 11 is 0. The first-order valence-corrected chi connectivity index (χ1v) is 18.4. The van der Waals surface area contributed by atoms with Crippen LogP contribution in [0.1, 0.15) is 152 Å². The van der Waals surface area contributed by atoms with Gasteiger partial charge < -0.3 is 29.2 Å². The zero-order chi connectivity index (χ0) is 35.5. The number of methoxy groups -OCH3 is 3. The molecule has 2 aliphatic heterocycles. The molecule has 0 radical (unpaired) electrons. The fourth-order valence-corrected chi connectivity index (χ4v) is 8.63. The van der Waals surface area contributed by atoms with Gasteiger partial charge in [0.05, 0.1) is 32.2 Å². The standard InChI is InChI=1S/C27H50N2O3.C11H20O4/c1-22(19-31-6)18-29-23(30)26(20-24(2,3)28-25(4,5)21-26)32-27(29)16-14-12-10-8-7-9-11-13-15-17-27;1-6-11(3,10(13)15-5)7-8(2)9(12)14-4/h22,28H,7-21H2,1-6H3;8H,6-7H2,1-5H3. The lowest BCUT2D eigenvalue weighted by atomic mass is 9.72. The molecule has 1 saturated carbocycles. The number of hydrogen-bond donors (Lipinski definition) is 1. The van der Waals surface area contributed by atoms with E-state index in [1.54, 1.807) is 21.0 Å². The number of esters is 2. The molecule has 9 nitrogen and oxygen atoms in total. The molecular weight excluding hydrogens is 596 g/mol. The molecule has 1 N–H and O–H groups in total. The first-order valence-electron chi connectivity index (χ1n) is 18.4. The molecule has 0 aromatic rings. The third kappa shape index (κ3) is 11.4. The van der Waals surface area contributed by atoms with Crippen LogP contribution in [0.4, 0.5) is 0 Å². The maximum absolute atomic E-state index is 14.3. The smallest absolute Gasteiger partial charge is 0.311 e. The highest BCUT2D eigenvalue weighted by Crippen LogP contribution is 2.51. The predicted octanol–water partition coefficient (Wildman–Crippen LogP) is 7.58. The van der Waals surface area contributed by atoms with Gasteiger partial charge in [0.2, 0.25) is 0 Å². The molecule has 2 saturated heterocycles. The molecule has 2 spiro atoms. The van der Waals surface area contributed by atoms with Crippen molar-refractivity contribution in [1.82, 2.24) is 10.2 Å². The van der Waals surface area contributed by atoms with E-state index >= 15 is 0 Å². The number of hydrogen-bond acceptors (Lipinski definition) is 8. The largest absolute Gasteiger partial charge is 0.469 e. The van der Waals surface area contributed by atoms with Gasteiger partial charge in [-0.1, -0.05) is 65.7 Å². The second-order valence-electron chi connectivity index (χ2n) is 16.5. The van der Waals surface area contributed by atoms with E-state index in [-0.39, 0.29) is 34.8 Å². The van der Waals surface area contributed by atoms with Crippen LogP contribution in [0.25, 0.3) is 0 Å². The first-order chi connectivity index (χ1) is 21.9. The quantitative estimate of drug-likeness (QED) is 0.251. The molecule has 9 heteroatoms. The van der Waals surface area contributed by atoms with Gasteiger partial charge in [0.1, 0.15) is 5.72 Å². The number of rotatable bonds is 9. The van der Waals surface area contributed by atoms with Crippen molar-refractivity contribution in [3.05, 3.63) is 0 Å². The van der Waals surface area contributed by atoms with Gasteiger partial charge >= 0.3 is 11.9 Å². The van der Waals surface area contributed by atoms with Crippen LogP contribution in [0.3, 0.4) is 0 Å². The van der Waals surface area contributed by atoms with Gasteiger partial charge in [0, 0.05) is 37.6 Å². The summed E-state index contributed by atoms with van der Waals surface area (Å²) in [5, 5.41) is 3.76. The Morgan fingerprint density at radius 3 is 1.79 bits per heavy atom. The monoisotopic (exact) mass is 667 g/mol. The Hall–Kier alpha value is -1.71. The third-order valence-electron chi connectivity index (χ3n) is 10.5. The van der Waals surface area contributed by atoms with Crippen molar-refractivity contribution in [2.75, 3.05) is 34.5 Å². The maximum Gasteiger partial charge on any atom is 0.311 e. The number of carbonyl (C=O) groups excluding carboxylic acids is 3. The second kappa shape index (κ2) is 17.8. The maximum atomic E-state index is 14.3. The van der Waals surface area contributed by atoms with Crippen LogP contribution in [-0.2, 0) is 33.3 Å². The van der Waals surface area contributed by atoms with E-state index < -0.39 is 16.7 Å². The van der Waals surface area contributed by atoms with Gasteiger partial charge in [-0.25, -0.2) is 0 Å². The summed E-state index contributed by atoms with van der Waals surface area (Å²) in [4.78, 5) is 39.2. The van der Waals surface area contributed by atoms with Gasteiger partial charge in [-0.2, -0.15) is 0 Å². The van der Waals surface area contributed by atoms with Crippen molar-refractivity contribution in [2.24, 2.45) is 17.3 Å². The second-order valence-corrected chi connectivity index (χ2v) is 16.5. The minimum atomic E-state index is -0.720. The summed E-state index contributed by atoms with van der Waals surface area (Å²) in [6.07, 6.45) is 15.9. The van der Waals surface area contributed by atoms with Crippen LogP contribution in [0.5, 0.6) is 0 Å². The number of carbonyl (C=O) groups is 3. The van der Waals surface area contributed by atoms with E-state index in [0.29, 0.717) is 25.4 Å². The van der Waals surface area contributed by atoms with Crippen LogP contribution in [0.15, 0.2) is 0 Å². The Balaban J connectivity index is 0.000000433. The Morgan fingerprint density at radius 1 is 0.872 bits per heavy atom. The van der Waals surface area contributed by atoms with E-state index in [1.165, 1.54) is 59.2 Å². The summed E-state index contributed by atoms with van der Waals surface area (Å²) < 4.78 is 22.0. The fourth-order valence-electron chi connectivity index (χ4n) is 8.63. The highest BCUT2D eigenvalue weighted by Gasteiger charge is 2.64. The number of piperidine rings is 1. The van der Waals surface area contributed by atoms with Gasteiger partial charge in [0.15, 0.2) is 5.60 Å². The molecule has 3 aliphatic rings. The minimum absolute atomic E-state index is 0.141. The summed E-state index contributed by atoms with van der Waals surface area (Å²) in [5.74, 6) is -0.336. The van der Waals surface area contributed by atoms with E-state index in [2.05, 4.69) is 49.6 Å². The van der Waals surface area contributed by atoms with Gasteiger partial charge in [-0.15, -0.1) is 0 Å². The zero-order valence-electron chi connectivity index (χ0n) is 32.0. The lowest BCUT2D eigenvalue weighted by molar-refractivity contribution is -0.178. The average molecular weight is 667 g/mol. The third-order valence-corrected chi connectivity index (χ3v) is 10.5. The van der Waals surface area contributed by atoms with Gasteiger partial charge in [0.25, 0.3) is 5.91 Å². The summed E-state index contributed by atoms with van der Waals surface area (Å²) in [7, 11) is 4.46. The Morgan fingerprint density at radius 2 is 1.36 bits per heavy atom. The van der Waals surface area contributed by atoms with Crippen LogP contribution in [-0.4, -0.2) is 79.6 Å². The zero-order valence-corrected chi connectivity index (χ0v) is 32.0. The highest BCUT2D eigenvalue weighted by molar-refractivity contribution is 5.88. The molecular formula is C38H70N2O7. The number of ether oxygens (including phenoxy) is 4. The fraction of sp³-hybridized carbons (Fsp3) is 0.921. The molecule has 3 rings (SSSR count). The summed E-state index contributed by atoms with van der Waals surface area (Å²) in [6.45, 7) is 17.9. The van der Waals surface area contributed by atoms with Crippen molar-refractivity contribution in [2.45, 2.75) is 174 Å². The lowest BCUT2D eigenvalue weighted by Crippen LogP contribution is -2.65. The lowest BCUT2D eigenvalue weighted by Gasteiger charge is -2.50. The van der Waals surface area contributed by atoms with Gasteiger partial charge in [-0.05, 0) is 79.1 Å². The van der Waals surface area contributed by atoms with E-state index in [9.17, 15) is 14.4 Å². The average Bonchev–Trinajstić information content (AvgIpc) is 3.18. The molecule has 0 bridgehead atoms. The van der Waals surface area contributed by atoms with Crippen molar-refractivity contribution in [3.63, 3.8) is 0 Å². The summed E-state index contributed by atoms with van der Waals surface area (Å²) in [5.41, 5.74) is -2.07. The van der Waals surface area contributed by atoms with E-state index in [0.717, 1.165) is 45.1 Å². The van der Waals surface area contributed by atoms with Crippen LogP contribution < -0.4 is 5.32 Å². The SMILES string of the molecule is CCC(C)(CC(C)C(=O)OC)C(=O)OC.COCC(C)CN1C(=O)C2(CC(C)(C)NC(C)(C)C2)OC12CCCCCCCCCCC2. The Labute approximate surface area is 286 Å². The molecule has 1 aliphatic carbocycles. The topological polar surface area (TPSA) is 103 Å². The number of amides is 1. The molecule has 0 aromatic carbocycles. The van der Waals surface area contributed by atoms with Crippen LogP contribution >= 0.6 is 0 Å².